The molecule has 2 atom stereocenters. The first kappa shape index (κ1) is 13.7. The van der Waals surface area contributed by atoms with Gasteiger partial charge in [-0.1, -0.05) is 0 Å². The fourth-order valence-electron chi connectivity index (χ4n) is 3.58. The van der Waals surface area contributed by atoms with Gasteiger partial charge in [0.05, 0.1) is 12.7 Å². The van der Waals surface area contributed by atoms with Crippen molar-refractivity contribution in [2.75, 3.05) is 13.1 Å². The first-order chi connectivity index (χ1) is 10.5. The summed E-state index contributed by atoms with van der Waals surface area (Å²) in [6, 6.07) is 2.49. The van der Waals surface area contributed by atoms with Crippen LogP contribution in [0.4, 0.5) is 8.78 Å². The Morgan fingerprint density at radius 3 is 2.91 bits per heavy atom. The zero-order chi connectivity index (χ0) is 15.5. The minimum absolute atomic E-state index is 0.0494. The molecule has 1 saturated carbocycles. The van der Waals surface area contributed by atoms with E-state index in [1.165, 1.54) is 12.3 Å². The lowest BCUT2D eigenvalue weighted by atomic mass is 9.70. The summed E-state index contributed by atoms with van der Waals surface area (Å²) in [5.74, 6) is -1.63. The van der Waals surface area contributed by atoms with Gasteiger partial charge < -0.3 is 15.1 Å². The maximum Gasteiger partial charge on any atom is 0.227 e. The van der Waals surface area contributed by atoms with E-state index in [1.54, 1.807) is 4.90 Å². The number of amides is 1. The predicted octanol–water partition coefficient (Wildman–Crippen LogP) is 2.20. The number of carbonyl (C=O) groups excluding carboxylic acids is 1. The van der Waals surface area contributed by atoms with Crippen LogP contribution in [-0.2, 0) is 11.2 Å². The zero-order valence-electron chi connectivity index (χ0n) is 11.9. The molecule has 1 aliphatic carbocycles. The van der Waals surface area contributed by atoms with E-state index in [0.717, 1.165) is 18.9 Å². The Morgan fingerprint density at radius 2 is 2.27 bits per heavy atom. The molecule has 1 saturated heterocycles. The van der Waals surface area contributed by atoms with Crippen molar-refractivity contribution >= 4 is 16.9 Å². The van der Waals surface area contributed by atoms with E-state index < -0.39 is 11.6 Å². The zero-order valence-corrected chi connectivity index (χ0v) is 11.9. The molecule has 1 aromatic carbocycles. The molecule has 1 amide bonds. The van der Waals surface area contributed by atoms with Crippen LogP contribution in [0.15, 0.2) is 22.8 Å². The molecule has 2 heterocycles. The summed E-state index contributed by atoms with van der Waals surface area (Å²) in [4.78, 5) is 14.2. The molecule has 116 valence electrons. The standard InChI is InChI=1S/C16H16F2N2O2/c17-12-2-1-11-9(7-22-15(11)14(12)18)5-13(21)20-6-10-3-4-16(10,19)8-20/h1-2,7,10H,3-6,8,19H2/t10-,16-/m0/s1. The molecule has 0 unspecified atom stereocenters. The second kappa shape index (κ2) is 4.52. The third kappa shape index (κ3) is 1.86. The molecule has 2 aromatic rings. The third-order valence-corrected chi connectivity index (χ3v) is 5.11. The van der Waals surface area contributed by atoms with Crippen molar-refractivity contribution < 1.29 is 18.0 Å². The SMILES string of the molecule is N[C@]12CC[C@H]1CN(C(=O)Cc1coc3c(F)c(F)ccc13)C2. The highest BCUT2D eigenvalue weighted by atomic mass is 19.2. The first-order valence-corrected chi connectivity index (χ1v) is 7.39. The van der Waals surface area contributed by atoms with Crippen LogP contribution in [-0.4, -0.2) is 29.4 Å². The van der Waals surface area contributed by atoms with Gasteiger partial charge in [-0.3, -0.25) is 4.79 Å². The van der Waals surface area contributed by atoms with Crippen molar-refractivity contribution in [3.63, 3.8) is 0 Å². The van der Waals surface area contributed by atoms with Gasteiger partial charge in [0, 0.05) is 29.6 Å². The Kier molecular flexibility index (Phi) is 2.81. The number of nitrogens with zero attached hydrogens (tertiary/aromatic N) is 1. The Bertz CT molecular complexity index is 773. The van der Waals surface area contributed by atoms with Crippen molar-refractivity contribution in [2.24, 2.45) is 11.7 Å². The molecule has 2 fully saturated rings. The van der Waals surface area contributed by atoms with E-state index in [1.807, 2.05) is 0 Å². The molecule has 0 bridgehead atoms. The minimum atomic E-state index is -1.02. The monoisotopic (exact) mass is 306 g/mol. The van der Waals surface area contributed by atoms with Gasteiger partial charge in [-0.15, -0.1) is 0 Å². The number of fused-ring (bicyclic) bond motifs is 2. The molecule has 0 radical (unpaired) electrons. The van der Waals surface area contributed by atoms with Crippen LogP contribution in [0.3, 0.4) is 0 Å². The molecule has 1 aliphatic heterocycles. The lowest BCUT2D eigenvalue weighted by Gasteiger charge is -2.39. The minimum Gasteiger partial charge on any atom is -0.461 e. The van der Waals surface area contributed by atoms with E-state index in [-0.39, 0.29) is 23.4 Å². The highest BCUT2D eigenvalue weighted by Crippen LogP contribution is 2.42. The molecule has 22 heavy (non-hydrogen) atoms. The molecule has 2 N–H and O–H groups in total. The quantitative estimate of drug-likeness (QED) is 0.925. The molecule has 1 aromatic heterocycles. The summed E-state index contributed by atoms with van der Waals surface area (Å²) in [6.07, 6.45) is 3.47. The lowest BCUT2D eigenvalue weighted by Crippen LogP contribution is -2.54. The van der Waals surface area contributed by atoms with E-state index in [0.29, 0.717) is 30.0 Å². The highest BCUT2D eigenvalue weighted by molar-refractivity contribution is 5.88. The number of rotatable bonds is 2. The summed E-state index contributed by atoms with van der Waals surface area (Å²) in [5.41, 5.74) is 6.45. The van der Waals surface area contributed by atoms with Crippen LogP contribution in [0.5, 0.6) is 0 Å². The fraction of sp³-hybridized carbons (Fsp3) is 0.438. The maximum absolute atomic E-state index is 13.6. The number of hydrogen-bond donors (Lipinski definition) is 1. The molecule has 6 heteroatoms. The third-order valence-electron chi connectivity index (χ3n) is 5.11. The van der Waals surface area contributed by atoms with Crippen LogP contribution >= 0.6 is 0 Å². The Labute approximate surface area is 125 Å². The molecule has 4 rings (SSSR count). The largest absolute Gasteiger partial charge is 0.461 e. The first-order valence-electron chi connectivity index (χ1n) is 7.39. The van der Waals surface area contributed by atoms with Gasteiger partial charge >= 0.3 is 0 Å². The Morgan fingerprint density at radius 1 is 1.45 bits per heavy atom. The number of hydrogen-bond acceptors (Lipinski definition) is 3. The van der Waals surface area contributed by atoms with Crippen molar-refractivity contribution in [2.45, 2.75) is 24.8 Å². The van der Waals surface area contributed by atoms with Crippen molar-refractivity contribution in [3.05, 3.63) is 35.6 Å². The van der Waals surface area contributed by atoms with E-state index in [2.05, 4.69) is 0 Å². The van der Waals surface area contributed by atoms with Gasteiger partial charge in [-0.05, 0) is 30.9 Å². The Balaban J connectivity index is 1.57. The normalized spacial score (nSPS) is 27.0. The number of nitrogens with two attached hydrogens (primary N) is 1. The van der Waals surface area contributed by atoms with Crippen LogP contribution < -0.4 is 5.73 Å². The van der Waals surface area contributed by atoms with Gasteiger partial charge in [0.2, 0.25) is 11.7 Å². The van der Waals surface area contributed by atoms with Gasteiger partial charge in [-0.25, -0.2) is 4.39 Å². The Hall–Kier alpha value is -1.95. The van der Waals surface area contributed by atoms with Crippen LogP contribution in [0.25, 0.3) is 11.0 Å². The molecule has 4 nitrogen and oxygen atoms in total. The van der Waals surface area contributed by atoms with E-state index >= 15 is 0 Å². The summed E-state index contributed by atoms with van der Waals surface area (Å²) >= 11 is 0. The number of carbonyl (C=O) groups is 1. The number of furan rings is 1. The van der Waals surface area contributed by atoms with Gasteiger partial charge in [-0.2, -0.15) is 4.39 Å². The van der Waals surface area contributed by atoms with Gasteiger partial charge in [0.25, 0.3) is 0 Å². The average Bonchev–Trinajstić information content (AvgIpc) is 2.98. The maximum atomic E-state index is 13.6. The molecular formula is C16H16F2N2O2. The summed E-state index contributed by atoms with van der Waals surface area (Å²) in [5, 5.41) is 0.442. The number of likely N-dealkylation sites (tertiary alicyclic amines) is 1. The molecule has 0 spiro atoms. The van der Waals surface area contributed by atoms with Crippen LogP contribution in [0.2, 0.25) is 0 Å². The molecular weight excluding hydrogens is 290 g/mol. The van der Waals surface area contributed by atoms with E-state index in [9.17, 15) is 13.6 Å². The van der Waals surface area contributed by atoms with Crippen LogP contribution in [0, 0.1) is 17.6 Å². The van der Waals surface area contributed by atoms with Crippen molar-refractivity contribution in [1.29, 1.82) is 0 Å². The number of benzene rings is 1. The second-order valence-electron chi connectivity index (χ2n) is 6.42. The van der Waals surface area contributed by atoms with Gasteiger partial charge in [0.1, 0.15) is 0 Å². The van der Waals surface area contributed by atoms with E-state index in [4.69, 9.17) is 10.2 Å². The topological polar surface area (TPSA) is 59.5 Å². The van der Waals surface area contributed by atoms with Gasteiger partial charge in [0.15, 0.2) is 11.4 Å². The smallest absolute Gasteiger partial charge is 0.227 e. The van der Waals surface area contributed by atoms with Crippen molar-refractivity contribution in [3.8, 4) is 0 Å². The van der Waals surface area contributed by atoms with Crippen LogP contribution in [0.1, 0.15) is 18.4 Å². The predicted molar refractivity (Wildman–Crippen MR) is 76.1 cm³/mol. The highest BCUT2D eigenvalue weighted by Gasteiger charge is 2.51. The summed E-state index contributed by atoms with van der Waals surface area (Å²) < 4.78 is 31.9. The number of halogens is 2. The fourth-order valence-corrected chi connectivity index (χ4v) is 3.58. The summed E-state index contributed by atoms with van der Waals surface area (Å²) in [6.45, 7) is 1.27. The second-order valence-corrected chi connectivity index (χ2v) is 6.42. The lowest BCUT2D eigenvalue weighted by molar-refractivity contribution is -0.129. The molecule has 2 aliphatic rings. The van der Waals surface area contributed by atoms with Crippen molar-refractivity contribution in [1.82, 2.24) is 4.90 Å². The average molecular weight is 306 g/mol. The summed E-state index contributed by atoms with van der Waals surface area (Å²) in [7, 11) is 0.